The van der Waals surface area contributed by atoms with E-state index in [0.717, 1.165) is 58.5 Å². The molecule has 2 heterocycles. The first-order valence-electron chi connectivity index (χ1n) is 8.89. The molecule has 2 saturated heterocycles. The standard InChI is InChI=1S/C19H28N2O2.ClH/c1-15-4-6-16(7-5-15)9-11-21(14-18-3-2-12-23-18)19(22)17-8-10-20-13-17;/h4-7,17-18,20H,2-3,8-14H2,1H3;1H. The molecule has 1 aromatic carbocycles. The van der Waals surface area contributed by atoms with Gasteiger partial charge in [0.15, 0.2) is 0 Å². The van der Waals surface area contributed by atoms with Gasteiger partial charge in [0.2, 0.25) is 5.91 Å². The molecule has 0 aromatic heterocycles. The number of ether oxygens (including phenoxy) is 1. The molecular formula is C19H29ClN2O2. The number of carbonyl (C=O) groups is 1. The van der Waals surface area contributed by atoms with Gasteiger partial charge in [-0.05, 0) is 44.7 Å². The maximum Gasteiger partial charge on any atom is 0.227 e. The number of hydrogen-bond donors (Lipinski definition) is 1. The molecule has 24 heavy (non-hydrogen) atoms. The van der Waals surface area contributed by atoms with Gasteiger partial charge in [0.1, 0.15) is 0 Å². The smallest absolute Gasteiger partial charge is 0.227 e. The minimum Gasteiger partial charge on any atom is -0.376 e. The zero-order chi connectivity index (χ0) is 16.1. The van der Waals surface area contributed by atoms with Crippen LogP contribution in [0.25, 0.3) is 0 Å². The van der Waals surface area contributed by atoms with Gasteiger partial charge >= 0.3 is 0 Å². The fourth-order valence-corrected chi connectivity index (χ4v) is 3.47. The third-order valence-electron chi connectivity index (χ3n) is 4.96. The lowest BCUT2D eigenvalue weighted by atomic mass is 10.1. The third kappa shape index (κ3) is 5.20. The Morgan fingerprint density at radius 1 is 1.29 bits per heavy atom. The lowest BCUT2D eigenvalue weighted by Crippen LogP contribution is -2.42. The molecule has 4 nitrogen and oxygen atoms in total. The molecule has 134 valence electrons. The predicted molar refractivity (Wildman–Crippen MR) is 98.7 cm³/mol. The molecule has 0 bridgehead atoms. The highest BCUT2D eigenvalue weighted by Gasteiger charge is 2.29. The Hall–Kier alpha value is -1.10. The summed E-state index contributed by atoms with van der Waals surface area (Å²) in [7, 11) is 0. The summed E-state index contributed by atoms with van der Waals surface area (Å²) in [6.07, 6.45) is 4.31. The summed E-state index contributed by atoms with van der Waals surface area (Å²) in [4.78, 5) is 14.9. The van der Waals surface area contributed by atoms with Crippen molar-refractivity contribution in [2.45, 2.75) is 38.7 Å². The Kier molecular flexibility index (Phi) is 7.53. The lowest BCUT2D eigenvalue weighted by Gasteiger charge is -2.28. The summed E-state index contributed by atoms with van der Waals surface area (Å²) in [6.45, 7) is 6.27. The first-order valence-corrected chi connectivity index (χ1v) is 8.89. The average molecular weight is 353 g/mol. The molecule has 3 rings (SSSR count). The summed E-state index contributed by atoms with van der Waals surface area (Å²) in [5.74, 6) is 0.451. The molecule has 2 aliphatic rings. The van der Waals surface area contributed by atoms with E-state index in [1.165, 1.54) is 11.1 Å². The van der Waals surface area contributed by atoms with Crippen molar-refractivity contribution >= 4 is 18.3 Å². The van der Waals surface area contributed by atoms with Crippen LogP contribution in [0.3, 0.4) is 0 Å². The van der Waals surface area contributed by atoms with E-state index >= 15 is 0 Å². The van der Waals surface area contributed by atoms with E-state index in [9.17, 15) is 4.79 Å². The van der Waals surface area contributed by atoms with E-state index in [1.807, 2.05) is 4.90 Å². The normalized spacial score (nSPS) is 23.0. The zero-order valence-corrected chi connectivity index (χ0v) is 15.3. The van der Waals surface area contributed by atoms with Crippen LogP contribution in [-0.4, -0.2) is 49.7 Å². The zero-order valence-electron chi connectivity index (χ0n) is 14.5. The number of rotatable bonds is 6. The average Bonchev–Trinajstić information content (AvgIpc) is 3.26. The number of amides is 1. The monoisotopic (exact) mass is 352 g/mol. The van der Waals surface area contributed by atoms with Crippen molar-refractivity contribution in [3.05, 3.63) is 35.4 Å². The van der Waals surface area contributed by atoms with E-state index in [-0.39, 0.29) is 24.4 Å². The second-order valence-corrected chi connectivity index (χ2v) is 6.84. The van der Waals surface area contributed by atoms with Crippen LogP contribution in [0.4, 0.5) is 0 Å². The molecule has 2 atom stereocenters. The van der Waals surface area contributed by atoms with Crippen molar-refractivity contribution in [1.29, 1.82) is 0 Å². The van der Waals surface area contributed by atoms with Crippen LogP contribution in [0.15, 0.2) is 24.3 Å². The number of nitrogens with zero attached hydrogens (tertiary/aromatic N) is 1. The van der Waals surface area contributed by atoms with Crippen LogP contribution in [0.2, 0.25) is 0 Å². The number of nitrogens with one attached hydrogen (secondary N) is 1. The van der Waals surface area contributed by atoms with Crippen LogP contribution in [-0.2, 0) is 16.0 Å². The third-order valence-corrected chi connectivity index (χ3v) is 4.96. The quantitative estimate of drug-likeness (QED) is 0.855. The van der Waals surface area contributed by atoms with Gasteiger partial charge in [-0.25, -0.2) is 0 Å². The number of benzene rings is 1. The van der Waals surface area contributed by atoms with Gasteiger partial charge in [0.05, 0.1) is 12.0 Å². The maximum absolute atomic E-state index is 12.8. The van der Waals surface area contributed by atoms with Crippen molar-refractivity contribution in [2.24, 2.45) is 5.92 Å². The maximum atomic E-state index is 12.8. The molecule has 2 fully saturated rings. The summed E-state index contributed by atoms with van der Waals surface area (Å²) < 4.78 is 5.75. The van der Waals surface area contributed by atoms with E-state index in [1.54, 1.807) is 0 Å². The number of aryl methyl sites for hydroxylation is 1. The van der Waals surface area contributed by atoms with Crippen LogP contribution in [0.1, 0.15) is 30.4 Å². The topological polar surface area (TPSA) is 41.6 Å². The highest BCUT2D eigenvalue weighted by Crippen LogP contribution is 2.18. The summed E-state index contributed by atoms with van der Waals surface area (Å²) in [6, 6.07) is 8.62. The van der Waals surface area contributed by atoms with Gasteiger partial charge in [-0.15, -0.1) is 12.4 Å². The van der Waals surface area contributed by atoms with E-state index < -0.39 is 0 Å². The molecule has 0 spiro atoms. The van der Waals surface area contributed by atoms with Gasteiger partial charge in [-0.2, -0.15) is 0 Å². The van der Waals surface area contributed by atoms with Gasteiger partial charge in [-0.3, -0.25) is 4.79 Å². The molecular weight excluding hydrogens is 324 g/mol. The second-order valence-electron chi connectivity index (χ2n) is 6.84. The molecule has 1 N–H and O–H groups in total. The minimum absolute atomic E-state index is 0. The molecule has 0 radical (unpaired) electrons. The Balaban J connectivity index is 0.00000208. The highest BCUT2D eigenvalue weighted by molar-refractivity contribution is 5.85. The number of carbonyl (C=O) groups excluding carboxylic acids is 1. The van der Waals surface area contributed by atoms with Crippen LogP contribution in [0, 0.1) is 12.8 Å². The minimum atomic E-state index is 0. The fraction of sp³-hybridized carbons (Fsp3) is 0.632. The van der Waals surface area contributed by atoms with E-state index in [2.05, 4.69) is 36.5 Å². The van der Waals surface area contributed by atoms with Crippen molar-refractivity contribution in [1.82, 2.24) is 10.2 Å². The summed E-state index contributed by atoms with van der Waals surface area (Å²) >= 11 is 0. The summed E-state index contributed by atoms with van der Waals surface area (Å²) in [5.41, 5.74) is 2.57. The Morgan fingerprint density at radius 2 is 2.08 bits per heavy atom. The van der Waals surface area contributed by atoms with Crippen LogP contribution in [0.5, 0.6) is 0 Å². The first kappa shape index (κ1) is 19.2. The van der Waals surface area contributed by atoms with Gasteiger partial charge < -0.3 is 15.0 Å². The van der Waals surface area contributed by atoms with E-state index in [0.29, 0.717) is 5.91 Å². The van der Waals surface area contributed by atoms with Crippen LogP contribution >= 0.6 is 12.4 Å². The van der Waals surface area contributed by atoms with Crippen molar-refractivity contribution < 1.29 is 9.53 Å². The first-order chi connectivity index (χ1) is 11.2. The number of halogens is 1. The van der Waals surface area contributed by atoms with Gasteiger partial charge in [0, 0.05) is 26.2 Å². The van der Waals surface area contributed by atoms with Gasteiger partial charge in [-0.1, -0.05) is 29.8 Å². The van der Waals surface area contributed by atoms with E-state index in [4.69, 9.17) is 4.74 Å². The molecule has 1 amide bonds. The Morgan fingerprint density at radius 3 is 2.71 bits per heavy atom. The molecule has 5 heteroatoms. The SMILES string of the molecule is Cc1ccc(CCN(CC2CCCO2)C(=O)C2CCNC2)cc1.Cl. The molecule has 2 unspecified atom stereocenters. The predicted octanol–water partition coefficient (Wildman–Crippen LogP) is 2.58. The highest BCUT2D eigenvalue weighted by atomic mass is 35.5. The Labute approximate surface area is 151 Å². The van der Waals surface area contributed by atoms with Crippen LogP contribution < -0.4 is 5.32 Å². The second kappa shape index (κ2) is 9.40. The largest absolute Gasteiger partial charge is 0.376 e. The molecule has 0 aliphatic carbocycles. The molecule has 1 aromatic rings. The van der Waals surface area contributed by atoms with Crippen molar-refractivity contribution in [3.63, 3.8) is 0 Å². The van der Waals surface area contributed by atoms with Crippen molar-refractivity contribution in [2.75, 3.05) is 32.8 Å². The Bertz CT molecular complexity index is 509. The number of hydrogen-bond acceptors (Lipinski definition) is 3. The fourth-order valence-electron chi connectivity index (χ4n) is 3.47. The lowest BCUT2D eigenvalue weighted by molar-refractivity contribution is -0.136. The van der Waals surface area contributed by atoms with Crippen molar-refractivity contribution in [3.8, 4) is 0 Å². The molecule has 0 saturated carbocycles. The molecule has 2 aliphatic heterocycles. The summed E-state index contributed by atoms with van der Waals surface area (Å²) in [5, 5.41) is 3.30. The van der Waals surface area contributed by atoms with Gasteiger partial charge in [0.25, 0.3) is 0 Å².